The maximum absolute atomic E-state index is 13.9. The highest BCUT2D eigenvalue weighted by atomic mass is 35.5. The summed E-state index contributed by atoms with van der Waals surface area (Å²) in [6, 6.07) is 6.70. The third-order valence-corrected chi connectivity index (χ3v) is 4.54. The van der Waals surface area contributed by atoms with Gasteiger partial charge in [-0.1, -0.05) is 35.0 Å². The van der Waals surface area contributed by atoms with Gasteiger partial charge in [-0.3, -0.25) is 9.59 Å². The molecule has 0 saturated carbocycles. The van der Waals surface area contributed by atoms with Crippen LogP contribution in [0.2, 0.25) is 5.02 Å². The molecule has 2 heterocycles. The van der Waals surface area contributed by atoms with Gasteiger partial charge >= 0.3 is 0 Å². The first-order valence-electron chi connectivity index (χ1n) is 7.81. The zero-order valence-electron chi connectivity index (χ0n) is 13.3. The molecule has 2 N–H and O–H groups in total. The number of nitrogens with two attached hydrogens (primary N) is 1. The predicted molar refractivity (Wildman–Crippen MR) is 88.7 cm³/mol. The van der Waals surface area contributed by atoms with E-state index in [1.165, 1.54) is 15.8 Å². The van der Waals surface area contributed by atoms with E-state index in [1.807, 2.05) is 0 Å². The number of rotatable bonds is 5. The zero-order chi connectivity index (χ0) is 18.0. The normalized spacial score (nSPS) is 20.0. The number of carbonyl (C=O) groups excluding carboxylic acids is 2. The van der Waals surface area contributed by atoms with Gasteiger partial charge in [0.1, 0.15) is 6.17 Å². The molecule has 7 nitrogen and oxygen atoms in total. The fourth-order valence-corrected chi connectivity index (χ4v) is 3.16. The van der Waals surface area contributed by atoms with Crippen molar-refractivity contribution >= 4 is 23.4 Å². The van der Waals surface area contributed by atoms with E-state index in [2.05, 4.69) is 10.3 Å². The summed E-state index contributed by atoms with van der Waals surface area (Å²) in [5.74, 6) is -0.888. The topological polar surface area (TPSA) is 94.1 Å². The molecule has 1 saturated heterocycles. The number of halogens is 2. The average Bonchev–Trinajstić information content (AvgIpc) is 3.17. The van der Waals surface area contributed by atoms with Gasteiger partial charge in [0.25, 0.3) is 5.91 Å². The summed E-state index contributed by atoms with van der Waals surface area (Å²) < 4.78 is 15.3. The summed E-state index contributed by atoms with van der Waals surface area (Å²) in [6.45, 7) is 0.278. The molecule has 1 fully saturated rings. The number of nitrogens with zero attached hydrogens (tertiary/aromatic N) is 4. The molecule has 25 heavy (non-hydrogen) atoms. The van der Waals surface area contributed by atoms with Gasteiger partial charge in [0.2, 0.25) is 5.91 Å². The van der Waals surface area contributed by atoms with Gasteiger partial charge in [-0.25, -0.2) is 9.07 Å². The lowest BCUT2D eigenvalue weighted by Gasteiger charge is -2.24. The monoisotopic (exact) mass is 365 g/mol. The van der Waals surface area contributed by atoms with E-state index in [0.29, 0.717) is 10.6 Å². The first kappa shape index (κ1) is 17.3. The van der Waals surface area contributed by atoms with Crippen molar-refractivity contribution in [1.82, 2.24) is 19.9 Å². The Balaban J connectivity index is 1.71. The van der Waals surface area contributed by atoms with Gasteiger partial charge < -0.3 is 10.6 Å². The van der Waals surface area contributed by atoms with Crippen molar-refractivity contribution in [3.05, 3.63) is 46.7 Å². The second-order valence-electron chi connectivity index (χ2n) is 5.99. The highest BCUT2D eigenvalue weighted by Crippen LogP contribution is 2.24. The van der Waals surface area contributed by atoms with Crippen LogP contribution in [-0.4, -0.2) is 50.5 Å². The van der Waals surface area contributed by atoms with Crippen LogP contribution in [0.15, 0.2) is 30.5 Å². The van der Waals surface area contributed by atoms with Gasteiger partial charge in [-0.05, 0) is 11.6 Å². The molecule has 2 amide bonds. The SMILES string of the molecule is NC(=O)c1cn(CC2CC(F)CN2C(=O)Cc2ccccc2Cl)nn1. The van der Waals surface area contributed by atoms with Gasteiger partial charge in [0, 0.05) is 11.4 Å². The standard InChI is InChI=1S/C16H17ClFN5O2/c17-13-4-2-1-3-10(13)5-15(24)23-7-11(18)6-12(23)8-22-9-14(16(19)25)20-21-22/h1-4,9,11-12H,5-8H2,(H2,19,25). The third-order valence-electron chi connectivity index (χ3n) is 4.17. The van der Waals surface area contributed by atoms with E-state index >= 15 is 0 Å². The predicted octanol–water partition coefficient (Wildman–Crippen LogP) is 1.21. The van der Waals surface area contributed by atoms with Gasteiger partial charge in [0.05, 0.1) is 31.7 Å². The van der Waals surface area contributed by atoms with Crippen molar-refractivity contribution in [3.63, 3.8) is 0 Å². The first-order chi connectivity index (χ1) is 11.9. The largest absolute Gasteiger partial charge is 0.364 e. The van der Waals surface area contributed by atoms with E-state index in [-0.39, 0.29) is 43.6 Å². The molecule has 1 aliphatic heterocycles. The van der Waals surface area contributed by atoms with Gasteiger partial charge in [0.15, 0.2) is 5.69 Å². The van der Waals surface area contributed by atoms with E-state index < -0.39 is 12.1 Å². The highest BCUT2D eigenvalue weighted by molar-refractivity contribution is 6.31. The second kappa shape index (κ2) is 7.18. The molecule has 1 aromatic carbocycles. The van der Waals surface area contributed by atoms with E-state index in [1.54, 1.807) is 24.3 Å². The number of hydrogen-bond acceptors (Lipinski definition) is 4. The summed E-state index contributed by atoms with van der Waals surface area (Å²) in [5, 5.41) is 7.96. The van der Waals surface area contributed by atoms with Crippen molar-refractivity contribution < 1.29 is 14.0 Å². The Morgan fingerprint density at radius 2 is 2.12 bits per heavy atom. The smallest absolute Gasteiger partial charge is 0.270 e. The summed E-state index contributed by atoms with van der Waals surface area (Å²) in [4.78, 5) is 25.2. The van der Waals surface area contributed by atoms with Crippen LogP contribution in [0.25, 0.3) is 0 Å². The quantitative estimate of drug-likeness (QED) is 0.861. The molecule has 0 bridgehead atoms. The van der Waals surface area contributed by atoms with Crippen LogP contribution in [0.4, 0.5) is 4.39 Å². The number of likely N-dealkylation sites (tertiary alicyclic amines) is 1. The van der Waals surface area contributed by atoms with Crippen LogP contribution >= 0.6 is 11.6 Å². The molecule has 2 aromatic rings. The number of benzene rings is 1. The van der Waals surface area contributed by atoms with E-state index in [4.69, 9.17) is 17.3 Å². The maximum atomic E-state index is 13.9. The summed E-state index contributed by atoms with van der Waals surface area (Å²) in [5.41, 5.74) is 5.87. The molecule has 1 aromatic heterocycles. The molecule has 0 aliphatic carbocycles. The molecule has 2 unspecified atom stereocenters. The summed E-state index contributed by atoms with van der Waals surface area (Å²) >= 11 is 6.09. The fraction of sp³-hybridized carbons (Fsp3) is 0.375. The zero-order valence-corrected chi connectivity index (χ0v) is 14.1. The number of carbonyl (C=O) groups is 2. The number of alkyl halides is 1. The van der Waals surface area contributed by atoms with Crippen LogP contribution in [0.5, 0.6) is 0 Å². The molecule has 132 valence electrons. The Morgan fingerprint density at radius 1 is 1.36 bits per heavy atom. The van der Waals surface area contributed by atoms with Gasteiger partial charge in [-0.2, -0.15) is 0 Å². The first-order valence-corrected chi connectivity index (χ1v) is 8.18. The Morgan fingerprint density at radius 3 is 2.80 bits per heavy atom. The van der Waals surface area contributed by atoms with Crippen LogP contribution < -0.4 is 5.73 Å². The van der Waals surface area contributed by atoms with Crippen LogP contribution in [-0.2, 0) is 17.8 Å². The molecule has 0 radical (unpaired) electrons. The Kier molecular flexibility index (Phi) is 4.98. The third kappa shape index (κ3) is 3.96. The number of aromatic nitrogens is 3. The van der Waals surface area contributed by atoms with E-state index in [9.17, 15) is 14.0 Å². The van der Waals surface area contributed by atoms with Gasteiger partial charge in [-0.15, -0.1) is 5.10 Å². The minimum Gasteiger partial charge on any atom is -0.364 e. The Labute approximate surface area is 148 Å². The molecule has 1 aliphatic rings. The molecular formula is C16H17ClFN5O2. The maximum Gasteiger partial charge on any atom is 0.270 e. The number of hydrogen-bond donors (Lipinski definition) is 1. The lowest BCUT2D eigenvalue weighted by Crippen LogP contribution is -2.39. The van der Waals surface area contributed by atoms with Crippen LogP contribution in [0, 0.1) is 0 Å². The van der Waals surface area contributed by atoms with Crippen molar-refractivity contribution in [2.75, 3.05) is 6.54 Å². The summed E-state index contributed by atoms with van der Waals surface area (Å²) in [6.07, 6.45) is 0.608. The number of primary amides is 1. The molecule has 9 heteroatoms. The van der Waals surface area contributed by atoms with Crippen molar-refractivity contribution in [1.29, 1.82) is 0 Å². The summed E-state index contributed by atoms with van der Waals surface area (Å²) in [7, 11) is 0. The van der Waals surface area contributed by atoms with Crippen molar-refractivity contribution in [2.45, 2.75) is 31.6 Å². The fourth-order valence-electron chi connectivity index (χ4n) is 2.96. The molecular weight excluding hydrogens is 349 g/mol. The number of amides is 2. The van der Waals surface area contributed by atoms with Crippen LogP contribution in [0.3, 0.4) is 0 Å². The van der Waals surface area contributed by atoms with E-state index in [0.717, 1.165) is 0 Å². The molecule has 3 rings (SSSR count). The van der Waals surface area contributed by atoms with Crippen LogP contribution in [0.1, 0.15) is 22.5 Å². The highest BCUT2D eigenvalue weighted by Gasteiger charge is 2.35. The molecule has 0 spiro atoms. The van der Waals surface area contributed by atoms with Crippen molar-refractivity contribution in [2.24, 2.45) is 5.73 Å². The average molecular weight is 366 g/mol. The van der Waals surface area contributed by atoms with Crippen molar-refractivity contribution in [3.8, 4) is 0 Å². The lowest BCUT2D eigenvalue weighted by molar-refractivity contribution is -0.131. The Bertz CT molecular complexity index is 796. The molecule has 2 atom stereocenters. The second-order valence-corrected chi connectivity index (χ2v) is 6.40. The lowest BCUT2D eigenvalue weighted by atomic mass is 10.1. The Hall–Kier alpha value is -2.48. The minimum absolute atomic E-state index is 0.0312. The minimum atomic E-state index is -1.10.